The van der Waals surface area contributed by atoms with E-state index >= 15 is 0 Å². The quantitative estimate of drug-likeness (QED) is 0.722. The molecule has 0 spiro atoms. The first-order valence-corrected chi connectivity index (χ1v) is 7.60. The first kappa shape index (κ1) is 18.9. The number of alkyl halides is 3. The number of rotatable bonds is 9. The molecule has 0 aliphatic heterocycles. The van der Waals surface area contributed by atoms with Gasteiger partial charge in [-0.3, -0.25) is 0 Å². The summed E-state index contributed by atoms with van der Waals surface area (Å²) in [6, 6.07) is 8.42. The van der Waals surface area contributed by atoms with Crippen LogP contribution in [-0.2, 0) is 11.2 Å². The van der Waals surface area contributed by atoms with Crippen molar-refractivity contribution in [2.24, 2.45) is 0 Å². The molecule has 6 heteroatoms. The minimum Gasteiger partial charge on any atom is -0.385 e. The zero-order chi connectivity index (χ0) is 16.6. The summed E-state index contributed by atoms with van der Waals surface area (Å²) in [4.78, 5) is 1.13. The molecule has 2 atom stereocenters. The van der Waals surface area contributed by atoms with Gasteiger partial charge in [-0.15, -0.1) is 0 Å². The van der Waals surface area contributed by atoms with Crippen LogP contribution < -0.4 is 4.90 Å². The Bertz CT molecular complexity index is 408. The first-order chi connectivity index (χ1) is 10.4. The van der Waals surface area contributed by atoms with Crippen molar-refractivity contribution >= 4 is 0 Å². The van der Waals surface area contributed by atoms with Crippen LogP contribution >= 0.6 is 0 Å². The number of ether oxygens (including phenoxy) is 1. The summed E-state index contributed by atoms with van der Waals surface area (Å²) in [5.41, 5.74) is 0.564. The summed E-state index contributed by atoms with van der Waals surface area (Å²) in [7, 11) is 0. The SMILES string of the molecule is CC[NH+](CC)C[C@H](O)CO[C@H](Cc1ccccc1)C(F)(F)F. The summed E-state index contributed by atoms with van der Waals surface area (Å²) in [6.07, 6.45) is -7.47. The maximum absolute atomic E-state index is 13.0. The Balaban J connectivity index is 2.55. The van der Waals surface area contributed by atoms with Gasteiger partial charge in [0.25, 0.3) is 0 Å². The second kappa shape index (κ2) is 9.12. The number of benzene rings is 1. The Morgan fingerprint density at radius 1 is 1.14 bits per heavy atom. The van der Waals surface area contributed by atoms with Gasteiger partial charge >= 0.3 is 6.18 Å². The first-order valence-electron chi connectivity index (χ1n) is 7.60. The molecule has 0 saturated heterocycles. The van der Waals surface area contributed by atoms with E-state index in [0.29, 0.717) is 12.1 Å². The van der Waals surface area contributed by atoms with Crippen LogP contribution in [0, 0.1) is 0 Å². The van der Waals surface area contributed by atoms with Crippen LogP contribution in [0.2, 0.25) is 0 Å². The van der Waals surface area contributed by atoms with Crippen molar-refractivity contribution in [2.45, 2.75) is 38.7 Å². The Morgan fingerprint density at radius 3 is 2.23 bits per heavy atom. The smallest absolute Gasteiger partial charge is 0.385 e. The molecule has 1 aromatic rings. The van der Waals surface area contributed by atoms with E-state index in [9.17, 15) is 18.3 Å². The van der Waals surface area contributed by atoms with Gasteiger partial charge in [0.05, 0.1) is 19.7 Å². The third-order valence-electron chi connectivity index (χ3n) is 3.64. The Kier molecular flexibility index (Phi) is 7.85. The van der Waals surface area contributed by atoms with Crippen LogP contribution in [0.3, 0.4) is 0 Å². The summed E-state index contributed by atoms with van der Waals surface area (Å²) in [5.74, 6) is 0. The van der Waals surface area contributed by atoms with E-state index in [1.54, 1.807) is 30.3 Å². The zero-order valence-corrected chi connectivity index (χ0v) is 13.1. The van der Waals surface area contributed by atoms with Gasteiger partial charge in [0.1, 0.15) is 12.6 Å². The third-order valence-corrected chi connectivity index (χ3v) is 3.64. The Labute approximate surface area is 129 Å². The topological polar surface area (TPSA) is 33.9 Å². The molecular formula is C16H25F3NO2+. The van der Waals surface area contributed by atoms with Gasteiger partial charge in [-0.1, -0.05) is 30.3 Å². The van der Waals surface area contributed by atoms with Crippen molar-refractivity contribution in [2.75, 3.05) is 26.2 Å². The molecule has 0 unspecified atom stereocenters. The van der Waals surface area contributed by atoms with E-state index in [2.05, 4.69) is 0 Å². The maximum Gasteiger partial charge on any atom is 0.414 e. The Morgan fingerprint density at radius 2 is 1.73 bits per heavy atom. The molecule has 0 radical (unpaired) electrons. The highest BCUT2D eigenvalue weighted by Crippen LogP contribution is 2.26. The van der Waals surface area contributed by atoms with Crippen molar-refractivity contribution in [3.8, 4) is 0 Å². The fraction of sp³-hybridized carbons (Fsp3) is 0.625. The minimum atomic E-state index is -4.45. The molecular weight excluding hydrogens is 295 g/mol. The second-order valence-corrected chi connectivity index (χ2v) is 5.37. The second-order valence-electron chi connectivity index (χ2n) is 5.37. The molecule has 2 N–H and O–H groups in total. The summed E-state index contributed by atoms with van der Waals surface area (Å²) < 4.78 is 44.1. The number of nitrogens with one attached hydrogen (secondary N) is 1. The highest BCUT2D eigenvalue weighted by Gasteiger charge is 2.41. The number of likely N-dealkylation sites (N-methyl/N-ethyl adjacent to an activating group) is 1. The minimum absolute atomic E-state index is 0.241. The normalized spacial score (nSPS) is 15.0. The van der Waals surface area contributed by atoms with Gasteiger partial charge in [-0.25, -0.2) is 0 Å². The maximum atomic E-state index is 13.0. The Hall–Kier alpha value is -1.11. The lowest BCUT2D eigenvalue weighted by molar-refractivity contribution is -0.899. The van der Waals surface area contributed by atoms with Crippen molar-refractivity contribution in [3.63, 3.8) is 0 Å². The van der Waals surface area contributed by atoms with Crippen LogP contribution in [0.5, 0.6) is 0 Å². The van der Waals surface area contributed by atoms with Crippen molar-refractivity contribution in [1.82, 2.24) is 0 Å². The van der Waals surface area contributed by atoms with Crippen molar-refractivity contribution in [3.05, 3.63) is 35.9 Å². The zero-order valence-electron chi connectivity index (χ0n) is 13.1. The van der Waals surface area contributed by atoms with Crippen molar-refractivity contribution in [1.29, 1.82) is 0 Å². The van der Waals surface area contributed by atoms with Crippen LogP contribution in [0.1, 0.15) is 19.4 Å². The predicted octanol–water partition coefficient (Wildman–Crippen LogP) is 1.46. The highest BCUT2D eigenvalue weighted by molar-refractivity contribution is 5.15. The molecule has 0 saturated carbocycles. The number of halogens is 3. The third kappa shape index (κ3) is 6.77. The summed E-state index contributed by atoms with van der Waals surface area (Å²) >= 11 is 0. The van der Waals surface area contributed by atoms with Gasteiger partial charge in [0.15, 0.2) is 6.10 Å². The molecule has 22 heavy (non-hydrogen) atoms. The van der Waals surface area contributed by atoms with Gasteiger partial charge in [-0.05, 0) is 19.4 Å². The van der Waals surface area contributed by atoms with E-state index in [4.69, 9.17) is 4.74 Å². The average molecular weight is 320 g/mol. The number of hydrogen-bond donors (Lipinski definition) is 2. The molecule has 126 valence electrons. The average Bonchev–Trinajstić information content (AvgIpc) is 2.48. The molecule has 3 nitrogen and oxygen atoms in total. The standard InChI is InChI=1S/C16H24F3NO2/c1-3-20(4-2)11-14(21)12-22-15(16(17,18)19)10-13-8-6-5-7-9-13/h5-9,14-15,21H,3-4,10-12H2,1-2H3/p+1/t14-,15+/m0/s1. The summed E-state index contributed by atoms with van der Waals surface area (Å²) in [6.45, 7) is 5.67. The number of aliphatic hydroxyl groups is 1. The fourth-order valence-corrected chi connectivity index (χ4v) is 2.26. The molecule has 0 heterocycles. The van der Waals surface area contributed by atoms with Gasteiger partial charge in [-0.2, -0.15) is 13.2 Å². The van der Waals surface area contributed by atoms with Gasteiger partial charge < -0.3 is 14.7 Å². The molecule has 0 amide bonds. The molecule has 1 rings (SSSR count). The van der Waals surface area contributed by atoms with Crippen LogP contribution in [-0.4, -0.2) is 49.7 Å². The van der Waals surface area contributed by atoms with E-state index in [1.165, 1.54) is 0 Å². The van der Waals surface area contributed by atoms with Crippen LogP contribution in [0.15, 0.2) is 30.3 Å². The predicted molar refractivity (Wildman–Crippen MR) is 78.9 cm³/mol. The summed E-state index contributed by atoms with van der Waals surface area (Å²) in [5, 5.41) is 9.85. The van der Waals surface area contributed by atoms with E-state index in [1.807, 2.05) is 13.8 Å². The lowest BCUT2D eigenvalue weighted by atomic mass is 10.1. The van der Waals surface area contributed by atoms with Gasteiger partial charge in [0.2, 0.25) is 0 Å². The largest absolute Gasteiger partial charge is 0.414 e. The molecule has 0 aliphatic carbocycles. The molecule has 0 aromatic heterocycles. The number of quaternary nitrogens is 1. The lowest BCUT2D eigenvalue weighted by Crippen LogP contribution is -3.12. The number of aliphatic hydroxyl groups excluding tert-OH is 1. The van der Waals surface area contributed by atoms with Crippen LogP contribution in [0.25, 0.3) is 0 Å². The van der Waals surface area contributed by atoms with E-state index < -0.39 is 18.4 Å². The fourth-order valence-electron chi connectivity index (χ4n) is 2.26. The molecule has 0 aliphatic rings. The van der Waals surface area contributed by atoms with E-state index in [0.717, 1.165) is 18.0 Å². The monoisotopic (exact) mass is 320 g/mol. The van der Waals surface area contributed by atoms with E-state index in [-0.39, 0.29) is 13.0 Å². The van der Waals surface area contributed by atoms with Crippen LogP contribution in [0.4, 0.5) is 13.2 Å². The lowest BCUT2D eigenvalue weighted by Gasteiger charge is -2.24. The molecule has 0 fully saturated rings. The molecule has 0 bridgehead atoms. The van der Waals surface area contributed by atoms with Gasteiger partial charge in [0, 0.05) is 6.42 Å². The number of hydrogen-bond acceptors (Lipinski definition) is 2. The van der Waals surface area contributed by atoms with Crippen molar-refractivity contribution < 1.29 is 27.9 Å². The highest BCUT2D eigenvalue weighted by atomic mass is 19.4. The molecule has 1 aromatic carbocycles.